The maximum atomic E-state index is 5.88. The van der Waals surface area contributed by atoms with E-state index in [0.717, 1.165) is 46.4 Å². The zero-order valence-electron chi connectivity index (χ0n) is 22.5. The van der Waals surface area contributed by atoms with E-state index in [1.54, 1.807) is 6.20 Å². The van der Waals surface area contributed by atoms with Gasteiger partial charge in [0.25, 0.3) is 0 Å². The van der Waals surface area contributed by atoms with Crippen molar-refractivity contribution in [3.05, 3.63) is 96.2 Å². The van der Waals surface area contributed by atoms with Crippen molar-refractivity contribution in [2.24, 2.45) is 34.4 Å². The lowest BCUT2D eigenvalue weighted by Gasteiger charge is -2.26. The van der Waals surface area contributed by atoms with Crippen LogP contribution < -0.4 is 21.7 Å². The fourth-order valence-electron chi connectivity index (χ4n) is 4.37. The normalized spacial score (nSPS) is 20.6. The number of nitrogens with one attached hydrogen (secondary N) is 3. The molecule has 5 heteroatoms. The average Bonchev–Trinajstić information content (AvgIpc) is 3.10. The third-order valence-electron chi connectivity index (χ3n) is 6.03. The molecule has 1 aliphatic heterocycles. The molecular formula is C30H45N5. The van der Waals surface area contributed by atoms with Gasteiger partial charge in [0.05, 0.1) is 28.5 Å². The van der Waals surface area contributed by atoms with Crippen molar-refractivity contribution in [1.29, 1.82) is 0 Å². The molecule has 0 aromatic heterocycles. The van der Waals surface area contributed by atoms with E-state index in [2.05, 4.69) is 107 Å². The molecule has 3 atom stereocenters. The smallest absolute Gasteiger partial charge is 0.100 e. The van der Waals surface area contributed by atoms with Gasteiger partial charge in [-0.05, 0) is 55.0 Å². The SMILES string of the molecule is C=C1NC2=C(N1)C(NC(=C)C(C(C=CN)=NC(/C=C\C(C)CCC)=C/CC)C(C)C)=CC(C)C=C2. The van der Waals surface area contributed by atoms with Crippen LogP contribution in [0.15, 0.2) is 101 Å². The molecule has 0 aromatic carbocycles. The molecule has 2 aliphatic rings. The minimum Gasteiger partial charge on any atom is -0.405 e. The van der Waals surface area contributed by atoms with Crippen molar-refractivity contribution in [2.75, 3.05) is 0 Å². The van der Waals surface area contributed by atoms with E-state index < -0.39 is 0 Å². The molecule has 35 heavy (non-hydrogen) atoms. The van der Waals surface area contributed by atoms with Gasteiger partial charge in [-0.3, -0.25) is 4.99 Å². The third-order valence-corrected chi connectivity index (χ3v) is 6.03. The second-order valence-electron chi connectivity index (χ2n) is 9.75. The second-order valence-corrected chi connectivity index (χ2v) is 9.75. The summed E-state index contributed by atoms with van der Waals surface area (Å²) in [6.07, 6.45) is 19.7. The molecule has 0 spiro atoms. The Kier molecular flexibility index (Phi) is 10.9. The van der Waals surface area contributed by atoms with Gasteiger partial charge in [0.15, 0.2) is 0 Å². The Morgan fingerprint density at radius 2 is 1.97 bits per heavy atom. The van der Waals surface area contributed by atoms with E-state index in [0.29, 0.717) is 5.92 Å². The molecule has 0 radical (unpaired) electrons. The summed E-state index contributed by atoms with van der Waals surface area (Å²) in [4.78, 5) is 5.07. The van der Waals surface area contributed by atoms with Crippen LogP contribution in [-0.4, -0.2) is 5.71 Å². The maximum absolute atomic E-state index is 5.88. The highest BCUT2D eigenvalue weighted by Gasteiger charge is 2.26. The Hall–Kier alpha value is -3.21. The Morgan fingerprint density at radius 3 is 2.60 bits per heavy atom. The molecule has 0 saturated carbocycles. The van der Waals surface area contributed by atoms with E-state index in [9.17, 15) is 0 Å². The summed E-state index contributed by atoms with van der Waals surface area (Å²) >= 11 is 0. The zero-order valence-corrected chi connectivity index (χ0v) is 22.5. The Balaban J connectivity index is 2.39. The molecule has 190 valence electrons. The molecule has 5 N–H and O–H groups in total. The molecule has 0 bridgehead atoms. The first-order chi connectivity index (χ1) is 16.7. The second kappa shape index (κ2) is 13.6. The lowest BCUT2D eigenvalue weighted by molar-refractivity contribution is 0.534. The van der Waals surface area contributed by atoms with E-state index in [1.165, 1.54) is 12.8 Å². The molecule has 3 unspecified atom stereocenters. The van der Waals surface area contributed by atoms with Gasteiger partial charge in [-0.15, -0.1) is 0 Å². The minimum atomic E-state index is -0.0365. The standard InChI is InChI=1S/C30H45N5/c1-9-11-21(5)13-15-25(12-10-2)35-26(17-18-31)29(20(3)4)23(7)32-28-19-22(6)14-16-27-30(28)34-24(8)33-27/h12-22,29,32-34H,7-11,31H2,1-6H3/b15-13-,18-17?,25-12+,35-26?. The highest BCUT2D eigenvalue weighted by atomic mass is 15.2. The van der Waals surface area contributed by atoms with Crippen molar-refractivity contribution >= 4 is 5.71 Å². The molecule has 5 nitrogen and oxygen atoms in total. The monoisotopic (exact) mass is 475 g/mol. The first kappa shape index (κ1) is 28.0. The van der Waals surface area contributed by atoms with Crippen LogP contribution in [0.1, 0.15) is 60.8 Å². The van der Waals surface area contributed by atoms with Gasteiger partial charge in [-0.1, -0.05) is 85.4 Å². The molecule has 2 rings (SSSR count). The maximum Gasteiger partial charge on any atom is 0.100 e. The van der Waals surface area contributed by atoms with Crippen LogP contribution in [0.25, 0.3) is 0 Å². The van der Waals surface area contributed by atoms with Crippen LogP contribution in [0.5, 0.6) is 0 Å². The largest absolute Gasteiger partial charge is 0.405 e. The molecule has 0 aromatic rings. The Morgan fingerprint density at radius 1 is 1.23 bits per heavy atom. The molecular weight excluding hydrogens is 430 g/mol. The number of hydrogen-bond donors (Lipinski definition) is 4. The van der Waals surface area contributed by atoms with Crippen molar-refractivity contribution in [1.82, 2.24) is 16.0 Å². The van der Waals surface area contributed by atoms with E-state index >= 15 is 0 Å². The summed E-state index contributed by atoms with van der Waals surface area (Å²) in [5.41, 5.74) is 11.6. The summed E-state index contributed by atoms with van der Waals surface area (Å²) in [6, 6.07) is 0. The number of nitrogens with two attached hydrogens (primary N) is 1. The van der Waals surface area contributed by atoms with Gasteiger partial charge < -0.3 is 21.7 Å². The predicted octanol–water partition coefficient (Wildman–Crippen LogP) is 6.53. The van der Waals surface area contributed by atoms with Gasteiger partial charge >= 0.3 is 0 Å². The highest BCUT2D eigenvalue weighted by Crippen LogP contribution is 2.27. The Bertz CT molecular complexity index is 984. The summed E-state index contributed by atoms with van der Waals surface area (Å²) in [7, 11) is 0. The van der Waals surface area contributed by atoms with Crippen LogP contribution in [0, 0.1) is 23.7 Å². The molecule has 1 aliphatic carbocycles. The fraction of sp³-hybridized carbons (Fsp3) is 0.433. The van der Waals surface area contributed by atoms with Crippen molar-refractivity contribution < 1.29 is 0 Å². The average molecular weight is 476 g/mol. The summed E-state index contributed by atoms with van der Waals surface area (Å²) in [5, 5.41) is 10.3. The molecule has 0 saturated heterocycles. The summed E-state index contributed by atoms with van der Waals surface area (Å²) < 4.78 is 0. The van der Waals surface area contributed by atoms with Crippen LogP contribution >= 0.6 is 0 Å². The van der Waals surface area contributed by atoms with Crippen LogP contribution in [0.3, 0.4) is 0 Å². The van der Waals surface area contributed by atoms with Crippen LogP contribution in [0.4, 0.5) is 0 Å². The first-order valence-electron chi connectivity index (χ1n) is 12.9. The summed E-state index contributed by atoms with van der Waals surface area (Å²) in [6.45, 7) is 21.6. The van der Waals surface area contributed by atoms with Gasteiger partial charge in [0.1, 0.15) is 5.82 Å². The first-order valence-corrected chi connectivity index (χ1v) is 12.9. The summed E-state index contributed by atoms with van der Waals surface area (Å²) in [5.74, 6) is 1.78. The Labute approximate surface area is 213 Å². The topological polar surface area (TPSA) is 74.5 Å². The number of rotatable bonds is 12. The van der Waals surface area contributed by atoms with Gasteiger partial charge in [0, 0.05) is 11.6 Å². The fourth-order valence-corrected chi connectivity index (χ4v) is 4.37. The van der Waals surface area contributed by atoms with Crippen molar-refractivity contribution in [3.8, 4) is 0 Å². The van der Waals surface area contributed by atoms with Crippen molar-refractivity contribution in [3.63, 3.8) is 0 Å². The van der Waals surface area contributed by atoms with E-state index in [-0.39, 0.29) is 17.8 Å². The quantitative estimate of drug-likeness (QED) is 0.191. The highest BCUT2D eigenvalue weighted by molar-refractivity contribution is 5.99. The number of hydrogen-bond acceptors (Lipinski definition) is 5. The molecule has 0 fully saturated rings. The van der Waals surface area contributed by atoms with Gasteiger partial charge in [0.2, 0.25) is 0 Å². The zero-order chi connectivity index (χ0) is 26.0. The number of nitrogens with zero attached hydrogens (tertiary/aromatic N) is 1. The predicted molar refractivity (Wildman–Crippen MR) is 152 cm³/mol. The lowest BCUT2D eigenvalue weighted by atomic mass is 9.87. The van der Waals surface area contributed by atoms with Crippen LogP contribution in [-0.2, 0) is 0 Å². The van der Waals surface area contributed by atoms with Gasteiger partial charge in [-0.25, -0.2) is 0 Å². The minimum absolute atomic E-state index is 0.0365. The van der Waals surface area contributed by atoms with Gasteiger partial charge in [-0.2, -0.15) is 0 Å². The molecule has 0 amide bonds. The lowest BCUT2D eigenvalue weighted by Crippen LogP contribution is -2.30. The molecule has 1 heterocycles. The van der Waals surface area contributed by atoms with Crippen LogP contribution in [0.2, 0.25) is 0 Å². The number of aliphatic imine (C=N–C) groups is 1. The van der Waals surface area contributed by atoms with E-state index in [4.69, 9.17) is 10.7 Å². The van der Waals surface area contributed by atoms with Crippen molar-refractivity contribution in [2.45, 2.75) is 60.8 Å². The third kappa shape index (κ3) is 8.20. The van der Waals surface area contributed by atoms with E-state index in [1.807, 2.05) is 6.08 Å². The number of allylic oxidation sites excluding steroid dienone is 8.